The van der Waals surface area contributed by atoms with Gasteiger partial charge < -0.3 is 9.73 Å². The van der Waals surface area contributed by atoms with Crippen molar-refractivity contribution >= 4 is 23.8 Å². The van der Waals surface area contributed by atoms with Gasteiger partial charge in [-0.25, -0.2) is 9.78 Å². The summed E-state index contributed by atoms with van der Waals surface area (Å²) in [6, 6.07) is -0.0850. The fourth-order valence-electron chi connectivity index (χ4n) is 0.693. The molecule has 1 rings (SSSR count). The monoisotopic (exact) mass is 201 g/mol. The number of urea groups is 1. The van der Waals surface area contributed by atoms with Crippen molar-refractivity contribution in [2.24, 2.45) is 0 Å². The molecule has 0 saturated heterocycles. The number of carbonyl (C=O) groups is 1. The molecule has 0 aliphatic heterocycles. The van der Waals surface area contributed by atoms with E-state index in [2.05, 4.69) is 15.6 Å². The number of carbonyl (C=O) groups excluding carboxylic acids is 1. The molecule has 5 nitrogen and oxygen atoms in total. The maximum Gasteiger partial charge on any atom is 0.322 e. The van der Waals surface area contributed by atoms with E-state index in [1.165, 1.54) is 12.5 Å². The quantitative estimate of drug-likeness (QED) is 0.717. The van der Waals surface area contributed by atoms with Crippen molar-refractivity contribution in [3.8, 4) is 0 Å². The van der Waals surface area contributed by atoms with Crippen LogP contribution in [0.2, 0.25) is 0 Å². The van der Waals surface area contributed by atoms with E-state index < -0.39 is 0 Å². The number of rotatable bonds is 4. The molecule has 2 N–H and O–H groups in total. The molecule has 1 heterocycles. The van der Waals surface area contributed by atoms with Gasteiger partial charge in [0.05, 0.1) is 6.20 Å². The zero-order valence-electron chi connectivity index (χ0n) is 7.24. The van der Waals surface area contributed by atoms with E-state index in [1.807, 2.05) is 6.26 Å². The molecule has 13 heavy (non-hydrogen) atoms. The summed E-state index contributed by atoms with van der Waals surface area (Å²) >= 11 is 1.67. The summed E-state index contributed by atoms with van der Waals surface area (Å²) in [5, 5.41) is 5.09. The molecule has 6 heteroatoms. The summed E-state index contributed by atoms with van der Waals surface area (Å²) in [4.78, 5) is 14.8. The lowest BCUT2D eigenvalue weighted by Gasteiger charge is -2.02. The number of anilines is 1. The Balaban J connectivity index is 2.18. The first-order valence-electron chi connectivity index (χ1n) is 3.76. The van der Waals surface area contributed by atoms with Gasteiger partial charge in [0.2, 0.25) is 0 Å². The Morgan fingerprint density at radius 3 is 3.23 bits per heavy atom. The predicted octanol–water partition coefficient (Wildman–Crippen LogP) is 1.16. The summed E-state index contributed by atoms with van der Waals surface area (Å²) in [6.07, 6.45) is 4.85. The van der Waals surface area contributed by atoms with E-state index >= 15 is 0 Å². The average Bonchev–Trinajstić information content (AvgIpc) is 2.57. The van der Waals surface area contributed by atoms with Gasteiger partial charge in [0.25, 0.3) is 0 Å². The molecule has 0 saturated carbocycles. The zero-order chi connectivity index (χ0) is 9.52. The molecule has 0 aliphatic rings. The molecule has 1 aromatic heterocycles. The number of aromatic nitrogens is 1. The molecule has 2 amide bonds. The lowest BCUT2D eigenvalue weighted by atomic mass is 10.7. The Morgan fingerprint density at radius 1 is 1.77 bits per heavy atom. The standard InChI is InChI=1S/C7H11N3O2S/c1-13-5-3-8-6(11)10-7-9-2-4-12-7/h2,4H,3,5H2,1H3,(H2,8,9,10,11). The Hall–Kier alpha value is -1.17. The minimum Gasteiger partial charge on any atom is -0.432 e. The fraction of sp³-hybridized carbons (Fsp3) is 0.429. The van der Waals surface area contributed by atoms with Crippen LogP contribution in [-0.2, 0) is 0 Å². The van der Waals surface area contributed by atoms with Crippen molar-refractivity contribution in [1.82, 2.24) is 10.3 Å². The van der Waals surface area contributed by atoms with Crippen molar-refractivity contribution in [2.45, 2.75) is 0 Å². The van der Waals surface area contributed by atoms with Gasteiger partial charge >= 0.3 is 12.0 Å². The number of nitrogens with zero attached hydrogens (tertiary/aromatic N) is 1. The minimum atomic E-state index is -0.295. The Labute approximate surface area is 80.3 Å². The molecule has 0 atom stereocenters. The highest BCUT2D eigenvalue weighted by Gasteiger charge is 2.02. The predicted molar refractivity (Wildman–Crippen MR) is 51.9 cm³/mol. The highest BCUT2D eigenvalue weighted by atomic mass is 32.2. The van der Waals surface area contributed by atoms with Gasteiger partial charge in [-0.3, -0.25) is 5.32 Å². The first-order valence-corrected chi connectivity index (χ1v) is 5.15. The molecule has 0 aliphatic carbocycles. The Kier molecular flexibility index (Phi) is 4.17. The van der Waals surface area contributed by atoms with E-state index in [4.69, 9.17) is 4.42 Å². The van der Waals surface area contributed by atoms with E-state index in [0.29, 0.717) is 6.54 Å². The summed E-state index contributed by atoms with van der Waals surface area (Å²) in [5.74, 6) is 0.888. The number of nitrogens with one attached hydrogen (secondary N) is 2. The number of thioether (sulfide) groups is 1. The van der Waals surface area contributed by atoms with Crippen molar-refractivity contribution in [2.75, 3.05) is 23.9 Å². The van der Waals surface area contributed by atoms with Gasteiger partial charge in [-0.05, 0) is 6.26 Å². The molecule has 0 spiro atoms. The molecule has 0 unspecified atom stereocenters. The molecule has 0 fully saturated rings. The third-order valence-corrected chi connectivity index (χ3v) is 1.86. The van der Waals surface area contributed by atoms with Crippen molar-refractivity contribution in [3.63, 3.8) is 0 Å². The zero-order valence-corrected chi connectivity index (χ0v) is 8.06. The maximum atomic E-state index is 11.1. The Morgan fingerprint density at radius 2 is 2.62 bits per heavy atom. The van der Waals surface area contributed by atoms with Crippen LogP contribution in [0.25, 0.3) is 0 Å². The largest absolute Gasteiger partial charge is 0.432 e. The van der Waals surface area contributed by atoms with Crippen LogP contribution in [0.1, 0.15) is 0 Å². The van der Waals surface area contributed by atoms with Crippen LogP contribution in [0.5, 0.6) is 0 Å². The molecule has 72 valence electrons. The van der Waals surface area contributed by atoms with Crippen molar-refractivity contribution < 1.29 is 9.21 Å². The smallest absolute Gasteiger partial charge is 0.322 e. The number of hydrogen-bond donors (Lipinski definition) is 2. The second kappa shape index (κ2) is 5.47. The van der Waals surface area contributed by atoms with Gasteiger partial charge in [-0.1, -0.05) is 0 Å². The molecular formula is C7H11N3O2S. The van der Waals surface area contributed by atoms with Gasteiger partial charge in [0.15, 0.2) is 0 Å². The van der Waals surface area contributed by atoms with Gasteiger partial charge in [-0.15, -0.1) is 0 Å². The molecule has 1 aromatic rings. The SMILES string of the molecule is CSCCNC(=O)Nc1ncco1. The molecule has 0 aromatic carbocycles. The molecule has 0 radical (unpaired) electrons. The van der Waals surface area contributed by atoms with E-state index in [-0.39, 0.29) is 12.0 Å². The van der Waals surface area contributed by atoms with Gasteiger partial charge in [0.1, 0.15) is 6.26 Å². The second-order valence-electron chi connectivity index (χ2n) is 2.21. The molecule has 0 bridgehead atoms. The molecular weight excluding hydrogens is 190 g/mol. The van der Waals surface area contributed by atoms with Crippen LogP contribution in [-0.4, -0.2) is 29.6 Å². The summed E-state index contributed by atoms with van der Waals surface area (Å²) in [6.45, 7) is 0.633. The maximum absolute atomic E-state index is 11.1. The lowest BCUT2D eigenvalue weighted by molar-refractivity contribution is 0.252. The number of oxazole rings is 1. The minimum absolute atomic E-state index is 0.210. The van der Waals surface area contributed by atoms with Crippen LogP contribution in [0.15, 0.2) is 16.9 Å². The topological polar surface area (TPSA) is 67.2 Å². The van der Waals surface area contributed by atoms with Gasteiger partial charge in [-0.2, -0.15) is 11.8 Å². The number of hydrogen-bond acceptors (Lipinski definition) is 4. The third-order valence-electron chi connectivity index (χ3n) is 1.24. The van der Waals surface area contributed by atoms with E-state index in [1.54, 1.807) is 11.8 Å². The van der Waals surface area contributed by atoms with Crippen LogP contribution >= 0.6 is 11.8 Å². The number of amides is 2. The summed E-state index contributed by atoms with van der Waals surface area (Å²) in [5.41, 5.74) is 0. The highest BCUT2D eigenvalue weighted by molar-refractivity contribution is 7.98. The van der Waals surface area contributed by atoms with Crippen molar-refractivity contribution in [3.05, 3.63) is 12.5 Å². The van der Waals surface area contributed by atoms with Gasteiger partial charge in [0, 0.05) is 12.3 Å². The lowest BCUT2D eigenvalue weighted by Crippen LogP contribution is -2.30. The van der Waals surface area contributed by atoms with E-state index in [9.17, 15) is 4.79 Å². The third kappa shape index (κ3) is 3.84. The Bertz CT molecular complexity index is 250. The summed E-state index contributed by atoms with van der Waals surface area (Å²) < 4.78 is 4.82. The van der Waals surface area contributed by atoms with Crippen LogP contribution in [0.4, 0.5) is 10.8 Å². The average molecular weight is 201 g/mol. The van der Waals surface area contributed by atoms with Crippen LogP contribution < -0.4 is 10.6 Å². The second-order valence-corrected chi connectivity index (χ2v) is 3.20. The first kappa shape index (κ1) is 9.91. The summed E-state index contributed by atoms with van der Waals surface area (Å²) in [7, 11) is 0. The highest BCUT2D eigenvalue weighted by Crippen LogP contribution is 1.99. The van der Waals surface area contributed by atoms with Crippen LogP contribution in [0, 0.1) is 0 Å². The first-order chi connectivity index (χ1) is 6.33. The fourth-order valence-corrected chi connectivity index (χ4v) is 0.999. The van der Waals surface area contributed by atoms with E-state index in [0.717, 1.165) is 5.75 Å². The van der Waals surface area contributed by atoms with Crippen LogP contribution in [0.3, 0.4) is 0 Å². The van der Waals surface area contributed by atoms with Crippen molar-refractivity contribution in [1.29, 1.82) is 0 Å². The normalized spacial score (nSPS) is 9.62.